The molecule has 0 unspecified atom stereocenters. The fraction of sp³-hybridized carbons (Fsp3) is 0.700. The highest BCUT2D eigenvalue weighted by atomic mass is 127. The van der Waals surface area contributed by atoms with E-state index in [0.29, 0.717) is 12.5 Å². The maximum atomic E-state index is 12.0. The van der Waals surface area contributed by atoms with Gasteiger partial charge in [-0.25, -0.2) is 0 Å². The van der Waals surface area contributed by atoms with E-state index >= 15 is 0 Å². The van der Waals surface area contributed by atoms with Crippen LogP contribution in [0.15, 0.2) is 27.8 Å². The van der Waals surface area contributed by atoms with E-state index in [1.54, 1.807) is 6.26 Å². The van der Waals surface area contributed by atoms with Gasteiger partial charge in [0.2, 0.25) is 5.91 Å². The number of piperazine rings is 1. The summed E-state index contributed by atoms with van der Waals surface area (Å²) in [5, 5.41) is 6.44. The summed E-state index contributed by atoms with van der Waals surface area (Å²) in [6.45, 7) is 13.9. The van der Waals surface area contributed by atoms with Gasteiger partial charge in [0.25, 0.3) is 0 Å². The number of nitrogens with zero attached hydrogens (tertiary/aromatic N) is 3. The minimum atomic E-state index is 0. The van der Waals surface area contributed by atoms with Crippen LogP contribution in [0.25, 0.3) is 0 Å². The number of guanidine groups is 1. The molecule has 0 aliphatic carbocycles. The molecule has 28 heavy (non-hydrogen) atoms. The lowest BCUT2D eigenvalue weighted by Gasteiger charge is -2.36. The molecule has 0 aromatic carbocycles. The highest BCUT2D eigenvalue weighted by Gasteiger charge is 2.21. The maximum absolute atomic E-state index is 12.0. The molecule has 2 N–H and O–H groups in total. The van der Waals surface area contributed by atoms with E-state index in [1.807, 2.05) is 26.0 Å². The Hall–Kier alpha value is -1.29. The van der Waals surface area contributed by atoms with Crippen molar-refractivity contribution < 1.29 is 9.21 Å². The second kappa shape index (κ2) is 13.0. The summed E-state index contributed by atoms with van der Waals surface area (Å²) < 4.78 is 5.40. The minimum absolute atomic E-state index is 0. The van der Waals surface area contributed by atoms with Crippen LogP contribution >= 0.6 is 24.0 Å². The lowest BCUT2D eigenvalue weighted by Crippen LogP contribution is -2.54. The maximum Gasteiger partial charge on any atom is 0.234 e. The highest BCUT2D eigenvalue weighted by Crippen LogP contribution is 2.05. The molecule has 0 saturated carbocycles. The Morgan fingerprint density at radius 2 is 1.93 bits per heavy atom. The van der Waals surface area contributed by atoms with Gasteiger partial charge in [0, 0.05) is 51.7 Å². The average molecular weight is 505 g/mol. The molecule has 0 radical (unpaired) electrons. The molecule has 1 fully saturated rings. The van der Waals surface area contributed by atoms with Crippen molar-refractivity contribution in [2.24, 2.45) is 10.9 Å². The third kappa shape index (κ3) is 9.27. The number of rotatable bonds is 8. The van der Waals surface area contributed by atoms with Gasteiger partial charge < -0.3 is 20.0 Å². The Morgan fingerprint density at radius 1 is 1.21 bits per heavy atom. The van der Waals surface area contributed by atoms with E-state index in [2.05, 4.69) is 34.3 Å². The Kier molecular flexibility index (Phi) is 11.5. The molecule has 1 aliphatic rings. The predicted molar refractivity (Wildman–Crippen MR) is 124 cm³/mol. The number of hydrogen-bond donors (Lipinski definition) is 2. The summed E-state index contributed by atoms with van der Waals surface area (Å²) in [5.41, 5.74) is 0. The summed E-state index contributed by atoms with van der Waals surface area (Å²) in [6.07, 6.45) is 2.54. The van der Waals surface area contributed by atoms with E-state index in [-0.39, 0.29) is 35.9 Å². The average Bonchev–Trinajstić information content (AvgIpc) is 3.11. The lowest BCUT2D eigenvalue weighted by atomic mass is 10.2. The Bertz CT molecular complexity index is 581. The van der Waals surface area contributed by atoms with E-state index in [4.69, 9.17) is 9.41 Å². The molecule has 0 bridgehead atoms. The Balaban J connectivity index is 0.00000392. The van der Waals surface area contributed by atoms with E-state index in [1.165, 1.54) is 0 Å². The second-order valence-electron chi connectivity index (χ2n) is 7.80. The second-order valence-corrected chi connectivity index (χ2v) is 7.80. The molecule has 1 amide bonds. The first kappa shape index (κ1) is 24.7. The van der Waals surface area contributed by atoms with Crippen molar-refractivity contribution in [3.05, 3.63) is 24.2 Å². The molecule has 1 saturated heterocycles. The third-order valence-electron chi connectivity index (χ3n) is 4.33. The normalized spacial score (nSPS) is 15.6. The van der Waals surface area contributed by atoms with Crippen LogP contribution < -0.4 is 10.6 Å². The summed E-state index contributed by atoms with van der Waals surface area (Å²) in [4.78, 5) is 21.2. The molecule has 8 heteroatoms. The molecular formula is C20H36IN5O2. The van der Waals surface area contributed by atoms with Crippen molar-refractivity contribution in [3.8, 4) is 0 Å². The topological polar surface area (TPSA) is 73.1 Å². The third-order valence-corrected chi connectivity index (χ3v) is 4.33. The number of halogens is 1. The quantitative estimate of drug-likeness (QED) is 0.322. The van der Waals surface area contributed by atoms with Crippen LogP contribution in [0.2, 0.25) is 0 Å². The molecule has 1 aromatic rings. The van der Waals surface area contributed by atoms with Crippen LogP contribution in [0.5, 0.6) is 0 Å². The van der Waals surface area contributed by atoms with Gasteiger partial charge in [-0.3, -0.25) is 14.7 Å². The fourth-order valence-electron chi connectivity index (χ4n) is 2.98. The van der Waals surface area contributed by atoms with Gasteiger partial charge in [-0.05, 0) is 31.9 Å². The Labute approximate surface area is 186 Å². The van der Waals surface area contributed by atoms with Gasteiger partial charge in [0.1, 0.15) is 5.76 Å². The first-order valence-electron chi connectivity index (χ1n) is 10.0. The summed E-state index contributed by atoms with van der Waals surface area (Å²) in [6, 6.07) is 4.10. The van der Waals surface area contributed by atoms with E-state index < -0.39 is 0 Å². The smallest absolute Gasteiger partial charge is 0.234 e. The molecule has 2 rings (SSSR count). The van der Waals surface area contributed by atoms with Crippen molar-refractivity contribution in [2.45, 2.75) is 40.2 Å². The molecule has 1 aromatic heterocycles. The van der Waals surface area contributed by atoms with Crippen LogP contribution in [0, 0.1) is 5.92 Å². The van der Waals surface area contributed by atoms with Crippen LogP contribution in [-0.2, 0) is 11.2 Å². The molecular weight excluding hydrogens is 469 g/mol. The van der Waals surface area contributed by atoms with Crippen molar-refractivity contribution in [1.29, 1.82) is 0 Å². The van der Waals surface area contributed by atoms with Gasteiger partial charge in [-0.15, -0.1) is 24.0 Å². The zero-order valence-electron chi connectivity index (χ0n) is 17.6. The summed E-state index contributed by atoms with van der Waals surface area (Å²) >= 11 is 0. The van der Waals surface area contributed by atoms with Crippen LogP contribution in [0.3, 0.4) is 0 Å². The fourth-order valence-corrected chi connectivity index (χ4v) is 2.98. The van der Waals surface area contributed by atoms with Gasteiger partial charge in [0.05, 0.1) is 12.8 Å². The number of aliphatic imine (C=N–C) groups is 1. The van der Waals surface area contributed by atoms with Gasteiger partial charge >= 0.3 is 0 Å². The first-order valence-corrected chi connectivity index (χ1v) is 10.0. The van der Waals surface area contributed by atoms with Crippen molar-refractivity contribution in [2.75, 3.05) is 45.8 Å². The minimum Gasteiger partial charge on any atom is -0.469 e. The van der Waals surface area contributed by atoms with Crippen molar-refractivity contribution in [3.63, 3.8) is 0 Å². The Morgan fingerprint density at radius 3 is 2.50 bits per heavy atom. The van der Waals surface area contributed by atoms with Crippen molar-refractivity contribution in [1.82, 2.24) is 20.4 Å². The molecule has 160 valence electrons. The number of carbonyl (C=O) groups excluding carboxylic acids is 1. The lowest BCUT2D eigenvalue weighted by molar-refractivity contribution is -0.123. The number of hydrogen-bond acceptors (Lipinski definition) is 4. The zero-order chi connectivity index (χ0) is 19.6. The summed E-state index contributed by atoms with van der Waals surface area (Å²) in [5.74, 6) is 2.56. The molecule has 1 aliphatic heterocycles. The number of nitrogens with one attached hydrogen (secondary N) is 2. The van der Waals surface area contributed by atoms with Gasteiger partial charge in [-0.2, -0.15) is 0 Å². The zero-order valence-corrected chi connectivity index (χ0v) is 19.9. The monoisotopic (exact) mass is 505 g/mol. The van der Waals surface area contributed by atoms with Crippen LogP contribution in [0.1, 0.15) is 33.5 Å². The summed E-state index contributed by atoms with van der Waals surface area (Å²) in [7, 11) is 0. The highest BCUT2D eigenvalue weighted by molar-refractivity contribution is 14.0. The number of amides is 1. The molecule has 0 spiro atoms. The molecule has 0 atom stereocenters. The van der Waals surface area contributed by atoms with Gasteiger partial charge in [0.15, 0.2) is 5.96 Å². The number of furan rings is 1. The van der Waals surface area contributed by atoms with Crippen LogP contribution in [-0.4, -0.2) is 73.5 Å². The standard InChI is InChI=1S/C20H35N5O2.HI/c1-16(2)14-22-20(21-8-7-18-6-5-13-27-18)25-11-9-24(10-12-25)15-19(26)23-17(3)4;/h5-6,13,16-17H,7-12,14-15H2,1-4H3,(H,21,22)(H,23,26);1H. The van der Waals surface area contributed by atoms with Gasteiger partial charge in [-0.1, -0.05) is 13.8 Å². The van der Waals surface area contributed by atoms with E-state index in [9.17, 15) is 4.79 Å². The largest absolute Gasteiger partial charge is 0.469 e. The van der Waals surface area contributed by atoms with Crippen LogP contribution in [0.4, 0.5) is 0 Å². The van der Waals surface area contributed by atoms with Crippen molar-refractivity contribution >= 4 is 35.8 Å². The first-order chi connectivity index (χ1) is 12.9. The SMILES string of the molecule is CC(C)CN=C(NCCc1ccco1)N1CCN(CC(=O)NC(C)C)CC1.I. The molecule has 2 heterocycles. The predicted octanol–water partition coefficient (Wildman–Crippen LogP) is 2.18. The van der Waals surface area contributed by atoms with E-state index in [0.717, 1.165) is 57.4 Å². The molecule has 7 nitrogen and oxygen atoms in total. The number of carbonyl (C=O) groups is 1.